The fourth-order valence-electron chi connectivity index (χ4n) is 1.77. The number of amides is 1. The molecule has 86 valence electrons. The Kier molecular flexibility index (Phi) is 3.41. The first kappa shape index (κ1) is 11.0. The Labute approximate surface area is 94.4 Å². The minimum absolute atomic E-state index is 0.0916. The average molecular weight is 221 g/mol. The van der Waals surface area contributed by atoms with Gasteiger partial charge in [-0.15, -0.1) is 0 Å². The van der Waals surface area contributed by atoms with Crippen LogP contribution in [0.25, 0.3) is 0 Å². The summed E-state index contributed by atoms with van der Waals surface area (Å²) in [4.78, 5) is 13.7. The van der Waals surface area contributed by atoms with E-state index in [0.29, 0.717) is 32.7 Å². The van der Waals surface area contributed by atoms with Crippen molar-refractivity contribution in [3.63, 3.8) is 0 Å². The molecule has 1 aliphatic rings. The van der Waals surface area contributed by atoms with Gasteiger partial charge in [0.05, 0.1) is 19.6 Å². The summed E-state index contributed by atoms with van der Waals surface area (Å²) in [6.07, 6.45) is 0.342. The van der Waals surface area contributed by atoms with Crippen molar-refractivity contribution in [1.82, 2.24) is 4.90 Å². The molecular formula is C12H15NO3. The van der Waals surface area contributed by atoms with E-state index in [2.05, 4.69) is 0 Å². The van der Waals surface area contributed by atoms with Gasteiger partial charge < -0.3 is 14.7 Å². The lowest BCUT2D eigenvalue weighted by Crippen LogP contribution is -2.41. The molecule has 4 heteroatoms. The Balaban J connectivity index is 1.96. The van der Waals surface area contributed by atoms with Crippen LogP contribution >= 0.6 is 0 Å². The minimum atomic E-state index is 0.0916. The van der Waals surface area contributed by atoms with Crippen LogP contribution in [0.1, 0.15) is 5.56 Å². The molecule has 16 heavy (non-hydrogen) atoms. The van der Waals surface area contributed by atoms with Crippen LogP contribution < -0.4 is 0 Å². The first-order valence-corrected chi connectivity index (χ1v) is 5.39. The fourth-order valence-corrected chi connectivity index (χ4v) is 1.77. The molecule has 1 aromatic carbocycles. The van der Waals surface area contributed by atoms with Crippen molar-refractivity contribution in [2.24, 2.45) is 0 Å². The van der Waals surface area contributed by atoms with Crippen molar-refractivity contribution >= 4 is 5.91 Å². The third kappa shape index (κ3) is 2.73. The molecule has 1 aliphatic heterocycles. The van der Waals surface area contributed by atoms with E-state index in [1.165, 1.54) is 0 Å². The van der Waals surface area contributed by atoms with Crippen LogP contribution in [0.4, 0.5) is 0 Å². The number of carbonyl (C=O) groups is 1. The number of phenols is 1. The van der Waals surface area contributed by atoms with Crippen molar-refractivity contribution in [3.8, 4) is 5.75 Å². The average Bonchev–Trinajstić information content (AvgIpc) is 2.30. The summed E-state index contributed by atoms with van der Waals surface area (Å²) in [6.45, 7) is 2.56. The van der Waals surface area contributed by atoms with Crippen LogP contribution in [0.3, 0.4) is 0 Å². The third-order valence-electron chi connectivity index (χ3n) is 2.63. The van der Waals surface area contributed by atoms with E-state index >= 15 is 0 Å². The predicted octanol–water partition coefficient (Wildman–Crippen LogP) is 0.794. The molecule has 1 aromatic rings. The number of aromatic hydroxyl groups is 1. The predicted molar refractivity (Wildman–Crippen MR) is 59.2 cm³/mol. The number of phenolic OH excluding ortho intramolecular Hbond substituents is 1. The lowest BCUT2D eigenvalue weighted by atomic mass is 10.1. The van der Waals surface area contributed by atoms with E-state index in [4.69, 9.17) is 4.74 Å². The second-order valence-corrected chi connectivity index (χ2v) is 3.84. The smallest absolute Gasteiger partial charge is 0.227 e. The zero-order valence-corrected chi connectivity index (χ0v) is 9.06. The summed E-state index contributed by atoms with van der Waals surface area (Å²) in [6, 6.07) is 6.82. The minimum Gasteiger partial charge on any atom is -0.508 e. The van der Waals surface area contributed by atoms with Gasteiger partial charge in [0.1, 0.15) is 5.75 Å². The molecule has 4 nitrogen and oxygen atoms in total. The standard InChI is InChI=1S/C12H15NO3/c14-11-3-1-2-10(8-11)9-12(15)13-4-6-16-7-5-13/h1-3,8,14H,4-7,9H2. The maximum absolute atomic E-state index is 11.9. The number of nitrogens with zero attached hydrogens (tertiary/aromatic N) is 1. The molecule has 0 atom stereocenters. The monoisotopic (exact) mass is 221 g/mol. The molecular weight excluding hydrogens is 206 g/mol. The van der Waals surface area contributed by atoms with Gasteiger partial charge >= 0.3 is 0 Å². The Morgan fingerprint density at radius 1 is 1.38 bits per heavy atom. The van der Waals surface area contributed by atoms with Gasteiger partial charge in [-0.3, -0.25) is 4.79 Å². The molecule has 0 aromatic heterocycles. The Bertz CT molecular complexity index is 372. The van der Waals surface area contributed by atoms with Crippen LogP contribution in [-0.2, 0) is 16.0 Å². The lowest BCUT2D eigenvalue weighted by molar-refractivity contribution is -0.134. The molecule has 1 fully saturated rings. The van der Waals surface area contributed by atoms with Crippen LogP contribution in [-0.4, -0.2) is 42.2 Å². The van der Waals surface area contributed by atoms with E-state index in [1.54, 1.807) is 23.1 Å². The van der Waals surface area contributed by atoms with Gasteiger partial charge in [-0.2, -0.15) is 0 Å². The molecule has 0 spiro atoms. The molecule has 2 rings (SSSR count). The Morgan fingerprint density at radius 2 is 2.12 bits per heavy atom. The molecule has 1 heterocycles. The van der Waals surface area contributed by atoms with Gasteiger partial charge in [0.2, 0.25) is 5.91 Å². The zero-order chi connectivity index (χ0) is 11.4. The van der Waals surface area contributed by atoms with Crippen LogP contribution in [0.2, 0.25) is 0 Å². The highest BCUT2D eigenvalue weighted by atomic mass is 16.5. The third-order valence-corrected chi connectivity index (χ3v) is 2.63. The number of benzene rings is 1. The Morgan fingerprint density at radius 3 is 2.81 bits per heavy atom. The first-order valence-electron chi connectivity index (χ1n) is 5.39. The van der Waals surface area contributed by atoms with Crippen LogP contribution in [0.15, 0.2) is 24.3 Å². The van der Waals surface area contributed by atoms with Gasteiger partial charge in [-0.05, 0) is 17.7 Å². The number of morpholine rings is 1. The number of ether oxygens (including phenoxy) is 1. The van der Waals surface area contributed by atoms with Crippen LogP contribution in [0.5, 0.6) is 5.75 Å². The van der Waals surface area contributed by atoms with Gasteiger partial charge in [0, 0.05) is 13.1 Å². The summed E-state index contributed by atoms with van der Waals surface area (Å²) in [5, 5.41) is 9.29. The summed E-state index contributed by atoms with van der Waals surface area (Å²) in [5.74, 6) is 0.293. The first-order chi connectivity index (χ1) is 7.75. The van der Waals surface area contributed by atoms with Crippen LogP contribution in [0, 0.1) is 0 Å². The summed E-state index contributed by atoms with van der Waals surface area (Å²) >= 11 is 0. The fraction of sp³-hybridized carbons (Fsp3) is 0.417. The molecule has 1 N–H and O–H groups in total. The summed E-state index contributed by atoms with van der Waals surface area (Å²) in [5.41, 5.74) is 0.844. The van der Waals surface area contributed by atoms with Crippen molar-refractivity contribution in [2.45, 2.75) is 6.42 Å². The van der Waals surface area contributed by atoms with Crippen molar-refractivity contribution in [1.29, 1.82) is 0 Å². The van der Waals surface area contributed by atoms with E-state index < -0.39 is 0 Å². The number of carbonyl (C=O) groups excluding carboxylic acids is 1. The number of rotatable bonds is 2. The van der Waals surface area contributed by atoms with E-state index in [9.17, 15) is 9.90 Å². The van der Waals surface area contributed by atoms with Gasteiger partial charge in [0.15, 0.2) is 0 Å². The number of hydrogen-bond donors (Lipinski definition) is 1. The molecule has 0 saturated carbocycles. The molecule has 1 amide bonds. The highest BCUT2D eigenvalue weighted by molar-refractivity contribution is 5.79. The Hall–Kier alpha value is -1.55. The zero-order valence-electron chi connectivity index (χ0n) is 9.06. The largest absolute Gasteiger partial charge is 0.508 e. The van der Waals surface area contributed by atoms with E-state index in [-0.39, 0.29) is 11.7 Å². The van der Waals surface area contributed by atoms with Crippen molar-refractivity contribution in [3.05, 3.63) is 29.8 Å². The molecule has 0 bridgehead atoms. The van der Waals surface area contributed by atoms with E-state index in [1.807, 2.05) is 6.07 Å². The van der Waals surface area contributed by atoms with Gasteiger partial charge in [0.25, 0.3) is 0 Å². The number of hydrogen-bond acceptors (Lipinski definition) is 3. The summed E-state index contributed by atoms with van der Waals surface area (Å²) < 4.78 is 5.19. The highest BCUT2D eigenvalue weighted by Crippen LogP contribution is 2.12. The summed E-state index contributed by atoms with van der Waals surface area (Å²) in [7, 11) is 0. The van der Waals surface area contributed by atoms with Crippen molar-refractivity contribution in [2.75, 3.05) is 26.3 Å². The highest BCUT2D eigenvalue weighted by Gasteiger charge is 2.16. The maximum Gasteiger partial charge on any atom is 0.227 e. The molecule has 0 unspecified atom stereocenters. The van der Waals surface area contributed by atoms with Crippen molar-refractivity contribution < 1.29 is 14.6 Å². The second-order valence-electron chi connectivity index (χ2n) is 3.84. The van der Waals surface area contributed by atoms with Gasteiger partial charge in [-0.25, -0.2) is 0 Å². The quantitative estimate of drug-likeness (QED) is 0.803. The van der Waals surface area contributed by atoms with Gasteiger partial charge in [-0.1, -0.05) is 12.1 Å². The normalized spacial score (nSPS) is 16.1. The maximum atomic E-state index is 11.9. The topological polar surface area (TPSA) is 49.8 Å². The SMILES string of the molecule is O=C(Cc1cccc(O)c1)N1CCOCC1. The lowest BCUT2D eigenvalue weighted by Gasteiger charge is -2.26. The second kappa shape index (κ2) is 4.99. The van der Waals surface area contributed by atoms with E-state index in [0.717, 1.165) is 5.56 Å². The molecule has 0 radical (unpaired) electrons. The molecule has 1 saturated heterocycles. The molecule has 0 aliphatic carbocycles.